The maximum atomic E-state index is 12.6. The highest BCUT2D eigenvalue weighted by atomic mass is 19.1. The number of rotatable bonds is 4. The molecule has 0 saturated heterocycles. The Morgan fingerprint density at radius 2 is 1.28 bits per heavy atom. The fourth-order valence-electron chi connectivity index (χ4n) is 2.44. The zero-order chi connectivity index (χ0) is 20.8. The maximum Gasteiger partial charge on any atom is 0.245 e. The van der Waals surface area contributed by atoms with Crippen LogP contribution >= 0.6 is 0 Å². The lowest BCUT2D eigenvalue weighted by atomic mass is 10.2. The van der Waals surface area contributed by atoms with Crippen LogP contribution < -0.4 is 0 Å². The van der Waals surface area contributed by atoms with E-state index in [9.17, 15) is 4.39 Å². The van der Waals surface area contributed by atoms with Crippen LogP contribution in [0.25, 0.3) is 23.0 Å². The molecule has 4 rings (SSSR count). The van der Waals surface area contributed by atoms with Crippen molar-refractivity contribution in [2.45, 2.75) is 39.5 Å². The number of hydrogen-bond acceptors (Lipinski definition) is 5. The molecule has 0 aliphatic heterocycles. The van der Waals surface area contributed by atoms with E-state index in [4.69, 9.17) is 8.83 Å². The van der Waals surface area contributed by atoms with Gasteiger partial charge in [-0.1, -0.05) is 45.9 Å². The van der Waals surface area contributed by atoms with Crippen molar-refractivity contribution in [3.63, 3.8) is 0 Å². The standard InChI is InChI=1S/C12H13NO.C11H11FN2O/c1-9(2)11-8-13-12(14-11)10-6-4-3-5-7-10;1-7(2)10-6-14-11(15-10)9-4-3-8(12)5-13-9/h3-9H,1-2H3;3-7H,1-2H3. The molecule has 1 aromatic carbocycles. The van der Waals surface area contributed by atoms with Crippen molar-refractivity contribution in [1.29, 1.82) is 0 Å². The molecule has 4 aromatic rings. The van der Waals surface area contributed by atoms with Crippen LogP contribution in [0.1, 0.15) is 51.1 Å². The van der Waals surface area contributed by atoms with Crippen LogP contribution in [0.15, 0.2) is 69.9 Å². The Labute approximate surface area is 169 Å². The van der Waals surface area contributed by atoms with Crippen LogP contribution in [-0.4, -0.2) is 15.0 Å². The summed E-state index contributed by atoms with van der Waals surface area (Å²) in [6.45, 7) is 8.22. The summed E-state index contributed by atoms with van der Waals surface area (Å²) in [4.78, 5) is 12.2. The minimum Gasteiger partial charge on any atom is -0.441 e. The van der Waals surface area contributed by atoms with Gasteiger partial charge in [0.05, 0.1) is 18.6 Å². The van der Waals surface area contributed by atoms with E-state index in [2.05, 4.69) is 28.8 Å². The molecule has 0 atom stereocenters. The first-order chi connectivity index (χ1) is 13.9. The van der Waals surface area contributed by atoms with E-state index in [1.54, 1.807) is 18.5 Å². The quantitative estimate of drug-likeness (QED) is 0.398. The third-order valence-electron chi connectivity index (χ3n) is 4.15. The summed E-state index contributed by atoms with van der Waals surface area (Å²) in [5.41, 5.74) is 1.57. The highest BCUT2D eigenvalue weighted by Crippen LogP contribution is 2.23. The molecule has 0 fully saturated rings. The van der Waals surface area contributed by atoms with Crippen LogP contribution in [0.2, 0.25) is 0 Å². The molecular formula is C23H24FN3O2. The molecule has 0 N–H and O–H groups in total. The van der Waals surface area contributed by atoms with Crippen molar-refractivity contribution in [2.24, 2.45) is 0 Å². The Balaban J connectivity index is 0.000000166. The van der Waals surface area contributed by atoms with Gasteiger partial charge in [0.25, 0.3) is 0 Å². The van der Waals surface area contributed by atoms with E-state index in [1.165, 1.54) is 6.07 Å². The Morgan fingerprint density at radius 3 is 1.79 bits per heavy atom. The highest BCUT2D eigenvalue weighted by molar-refractivity contribution is 5.52. The van der Waals surface area contributed by atoms with Crippen molar-refractivity contribution >= 4 is 0 Å². The second kappa shape index (κ2) is 9.28. The number of aromatic nitrogens is 3. The Hall–Kier alpha value is -3.28. The van der Waals surface area contributed by atoms with E-state index in [-0.39, 0.29) is 11.7 Å². The third-order valence-corrected chi connectivity index (χ3v) is 4.15. The van der Waals surface area contributed by atoms with Gasteiger partial charge in [-0.25, -0.2) is 19.3 Å². The molecule has 5 nitrogen and oxygen atoms in total. The van der Waals surface area contributed by atoms with Gasteiger partial charge in [-0.3, -0.25) is 0 Å². The second-order valence-corrected chi connectivity index (χ2v) is 7.17. The number of pyridine rings is 1. The minimum atomic E-state index is -0.366. The molecule has 0 aliphatic rings. The second-order valence-electron chi connectivity index (χ2n) is 7.17. The van der Waals surface area contributed by atoms with Gasteiger partial charge in [0.2, 0.25) is 11.8 Å². The maximum absolute atomic E-state index is 12.6. The predicted molar refractivity (Wildman–Crippen MR) is 110 cm³/mol. The number of oxazole rings is 2. The van der Waals surface area contributed by atoms with Gasteiger partial charge < -0.3 is 8.83 Å². The summed E-state index contributed by atoms with van der Waals surface area (Å²) in [5.74, 6) is 3.18. The SMILES string of the molecule is CC(C)c1cnc(-c2ccc(F)cn2)o1.CC(C)c1cnc(-c2ccccc2)o1. The number of halogens is 1. The average molecular weight is 393 g/mol. The molecular weight excluding hydrogens is 369 g/mol. The van der Waals surface area contributed by atoms with Crippen LogP contribution in [0, 0.1) is 5.82 Å². The van der Waals surface area contributed by atoms with Gasteiger partial charge in [-0.05, 0) is 24.3 Å². The van der Waals surface area contributed by atoms with Gasteiger partial charge in [-0.15, -0.1) is 0 Å². The van der Waals surface area contributed by atoms with Crippen LogP contribution in [0.5, 0.6) is 0 Å². The van der Waals surface area contributed by atoms with Crippen molar-refractivity contribution in [2.75, 3.05) is 0 Å². The van der Waals surface area contributed by atoms with Gasteiger partial charge in [0.15, 0.2) is 0 Å². The molecule has 0 aliphatic carbocycles. The number of benzene rings is 1. The molecule has 29 heavy (non-hydrogen) atoms. The first-order valence-electron chi connectivity index (χ1n) is 9.53. The topological polar surface area (TPSA) is 65.0 Å². The molecule has 0 spiro atoms. The van der Waals surface area contributed by atoms with Gasteiger partial charge in [0, 0.05) is 17.4 Å². The summed E-state index contributed by atoms with van der Waals surface area (Å²) in [5, 5.41) is 0. The molecule has 0 unspecified atom stereocenters. The van der Waals surface area contributed by atoms with Crippen molar-refractivity contribution in [3.05, 3.63) is 78.4 Å². The molecule has 3 heterocycles. The lowest BCUT2D eigenvalue weighted by molar-refractivity contribution is 0.493. The molecule has 0 amide bonds. The highest BCUT2D eigenvalue weighted by Gasteiger charge is 2.10. The predicted octanol–water partition coefficient (Wildman–Crippen LogP) is 6.46. The summed E-state index contributed by atoms with van der Waals surface area (Å²) >= 11 is 0. The summed E-state index contributed by atoms with van der Waals surface area (Å²) in [6.07, 6.45) is 4.62. The fraction of sp³-hybridized carbons (Fsp3) is 0.261. The van der Waals surface area contributed by atoms with E-state index < -0.39 is 0 Å². The molecule has 0 bridgehead atoms. The molecule has 0 saturated carbocycles. The lowest BCUT2D eigenvalue weighted by Crippen LogP contribution is -1.84. The van der Waals surface area contributed by atoms with E-state index in [1.807, 2.05) is 44.2 Å². The van der Waals surface area contributed by atoms with E-state index in [0.717, 1.165) is 23.3 Å². The van der Waals surface area contributed by atoms with Crippen molar-refractivity contribution in [3.8, 4) is 23.0 Å². The van der Waals surface area contributed by atoms with Crippen LogP contribution in [0.3, 0.4) is 0 Å². The van der Waals surface area contributed by atoms with Gasteiger partial charge in [-0.2, -0.15) is 0 Å². The largest absolute Gasteiger partial charge is 0.441 e. The number of hydrogen-bond donors (Lipinski definition) is 0. The normalized spacial score (nSPS) is 10.9. The summed E-state index contributed by atoms with van der Waals surface area (Å²) in [6, 6.07) is 12.8. The summed E-state index contributed by atoms with van der Waals surface area (Å²) in [7, 11) is 0. The smallest absolute Gasteiger partial charge is 0.245 e. The molecule has 0 radical (unpaired) electrons. The molecule has 3 aromatic heterocycles. The van der Waals surface area contributed by atoms with E-state index in [0.29, 0.717) is 23.4 Å². The Kier molecular flexibility index (Phi) is 6.54. The Bertz CT molecular complexity index is 1020. The molecule has 150 valence electrons. The average Bonchev–Trinajstić information content (AvgIpc) is 3.40. The monoisotopic (exact) mass is 393 g/mol. The first-order valence-corrected chi connectivity index (χ1v) is 9.53. The molecule has 6 heteroatoms. The minimum absolute atomic E-state index is 0.284. The summed E-state index contributed by atoms with van der Waals surface area (Å²) < 4.78 is 23.7. The number of nitrogens with zero attached hydrogens (tertiary/aromatic N) is 3. The van der Waals surface area contributed by atoms with Crippen LogP contribution in [-0.2, 0) is 0 Å². The van der Waals surface area contributed by atoms with Gasteiger partial charge >= 0.3 is 0 Å². The van der Waals surface area contributed by atoms with E-state index >= 15 is 0 Å². The van der Waals surface area contributed by atoms with Crippen LogP contribution in [0.4, 0.5) is 4.39 Å². The van der Waals surface area contributed by atoms with Crippen molar-refractivity contribution in [1.82, 2.24) is 15.0 Å². The zero-order valence-corrected chi connectivity index (χ0v) is 17.0. The van der Waals surface area contributed by atoms with Gasteiger partial charge in [0.1, 0.15) is 23.0 Å². The lowest BCUT2D eigenvalue weighted by Gasteiger charge is -1.97. The third kappa shape index (κ3) is 5.38. The first kappa shape index (κ1) is 20.5. The Morgan fingerprint density at radius 1 is 0.690 bits per heavy atom. The fourth-order valence-corrected chi connectivity index (χ4v) is 2.44. The zero-order valence-electron chi connectivity index (χ0n) is 17.0. The van der Waals surface area contributed by atoms with Crippen molar-refractivity contribution < 1.29 is 13.2 Å².